The third kappa shape index (κ3) is 6.25. The Labute approximate surface area is 50.1 Å². The van der Waals surface area contributed by atoms with Gasteiger partial charge in [-0.15, -0.1) is 11.6 Å². The summed E-state index contributed by atoms with van der Waals surface area (Å²) in [7, 11) is 0. The third-order valence-electron chi connectivity index (χ3n) is 0.802. The maximum atomic E-state index is 5.33. The van der Waals surface area contributed by atoms with Crippen LogP contribution in [0.5, 0.6) is 0 Å². The Morgan fingerprint density at radius 2 is 2.29 bits per heavy atom. The second kappa shape index (κ2) is 6.25. The van der Waals surface area contributed by atoms with Crippen LogP contribution in [0.4, 0.5) is 0 Å². The van der Waals surface area contributed by atoms with Gasteiger partial charge >= 0.3 is 0 Å². The van der Waals surface area contributed by atoms with Crippen molar-refractivity contribution in [1.82, 2.24) is 5.32 Å². The zero-order valence-electron chi connectivity index (χ0n) is 4.71. The molecule has 0 rings (SSSR count). The highest BCUT2D eigenvalue weighted by atomic mass is 35.5. The van der Waals surface area contributed by atoms with E-state index in [-0.39, 0.29) is 0 Å². The summed E-state index contributed by atoms with van der Waals surface area (Å²) >= 11 is 5.33. The summed E-state index contributed by atoms with van der Waals surface area (Å²) in [4.78, 5) is 0. The van der Waals surface area contributed by atoms with Crippen LogP contribution in [0.1, 0.15) is 19.8 Å². The van der Waals surface area contributed by atoms with E-state index in [9.17, 15) is 0 Å². The molecule has 0 bridgehead atoms. The highest BCUT2D eigenvalue weighted by Crippen LogP contribution is 1.81. The average Bonchev–Trinajstić information content (AvgIpc) is 1.69. The van der Waals surface area contributed by atoms with Gasteiger partial charge in [-0.25, -0.2) is 0 Å². The van der Waals surface area contributed by atoms with Crippen molar-refractivity contribution in [3.63, 3.8) is 0 Å². The van der Waals surface area contributed by atoms with Crippen LogP contribution in [0.2, 0.25) is 0 Å². The molecule has 1 N–H and O–H groups in total. The molecule has 7 heavy (non-hydrogen) atoms. The predicted molar refractivity (Wildman–Crippen MR) is 33.6 cm³/mol. The van der Waals surface area contributed by atoms with Gasteiger partial charge in [0, 0.05) is 0 Å². The van der Waals surface area contributed by atoms with Gasteiger partial charge in [0.2, 0.25) is 0 Å². The molecule has 0 atom stereocenters. The minimum Gasteiger partial charge on any atom is -0.304 e. The first-order valence-corrected chi connectivity index (χ1v) is 3.22. The molecule has 0 heterocycles. The number of rotatable bonds is 4. The maximum absolute atomic E-state index is 5.33. The topological polar surface area (TPSA) is 12.0 Å². The van der Waals surface area contributed by atoms with Crippen LogP contribution in [0.3, 0.4) is 0 Å². The molecule has 0 saturated heterocycles. The van der Waals surface area contributed by atoms with Gasteiger partial charge in [-0.05, 0) is 13.0 Å². The van der Waals surface area contributed by atoms with Crippen molar-refractivity contribution < 1.29 is 0 Å². The van der Waals surface area contributed by atoms with Gasteiger partial charge in [0.25, 0.3) is 0 Å². The van der Waals surface area contributed by atoms with Crippen LogP contribution in [0.15, 0.2) is 0 Å². The Hall–Kier alpha value is 0.250. The Morgan fingerprint density at radius 1 is 1.57 bits per heavy atom. The molecule has 0 radical (unpaired) electrons. The normalized spacial score (nSPS) is 9.43. The molecule has 0 aliphatic carbocycles. The molecule has 0 unspecified atom stereocenters. The summed E-state index contributed by atoms with van der Waals surface area (Å²) in [5, 5.41) is 3.01. The summed E-state index contributed by atoms with van der Waals surface area (Å²) in [6.07, 6.45) is 2.47. The number of alkyl halides is 1. The number of halogens is 1. The van der Waals surface area contributed by atoms with Crippen molar-refractivity contribution in [3.8, 4) is 0 Å². The van der Waals surface area contributed by atoms with Crippen LogP contribution in [-0.4, -0.2) is 12.5 Å². The van der Waals surface area contributed by atoms with E-state index in [1.54, 1.807) is 0 Å². The standard InChI is InChI=1S/C5H12ClN/c1-2-3-4-7-5-6/h7H,2-5H2,1H3. The summed E-state index contributed by atoms with van der Waals surface area (Å²) in [5.41, 5.74) is 0. The van der Waals surface area contributed by atoms with Gasteiger partial charge < -0.3 is 5.32 Å². The number of nitrogens with one attached hydrogen (secondary N) is 1. The number of hydrogen-bond acceptors (Lipinski definition) is 1. The number of hydrogen-bond donors (Lipinski definition) is 1. The quantitative estimate of drug-likeness (QED) is 0.338. The smallest absolute Gasteiger partial charge is 0.0713 e. The molecule has 0 amide bonds. The highest BCUT2D eigenvalue weighted by Gasteiger charge is 1.78. The molecule has 0 aromatic rings. The van der Waals surface area contributed by atoms with E-state index in [1.165, 1.54) is 12.8 Å². The lowest BCUT2D eigenvalue weighted by Gasteiger charge is -1.93. The van der Waals surface area contributed by atoms with Crippen molar-refractivity contribution >= 4 is 11.6 Å². The molecular formula is C5H12ClN. The highest BCUT2D eigenvalue weighted by molar-refractivity contribution is 6.17. The number of unbranched alkanes of at least 4 members (excludes halogenated alkanes) is 1. The van der Waals surface area contributed by atoms with E-state index in [0.717, 1.165) is 6.54 Å². The summed E-state index contributed by atoms with van der Waals surface area (Å²) < 4.78 is 0. The lowest BCUT2D eigenvalue weighted by Crippen LogP contribution is -2.11. The van der Waals surface area contributed by atoms with Gasteiger partial charge in [0.15, 0.2) is 0 Å². The molecule has 0 aliphatic heterocycles. The van der Waals surface area contributed by atoms with Crippen molar-refractivity contribution in [2.45, 2.75) is 19.8 Å². The molecule has 0 saturated carbocycles. The van der Waals surface area contributed by atoms with Gasteiger partial charge in [-0.2, -0.15) is 0 Å². The van der Waals surface area contributed by atoms with E-state index < -0.39 is 0 Å². The largest absolute Gasteiger partial charge is 0.304 e. The summed E-state index contributed by atoms with van der Waals surface area (Å²) in [6, 6.07) is 0.583. The van der Waals surface area contributed by atoms with Crippen LogP contribution in [0.25, 0.3) is 0 Å². The van der Waals surface area contributed by atoms with E-state index in [0.29, 0.717) is 6.00 Å². The van der Waals surface area contributed by atoms with Crippen molar-refractivity contribution in [3.05, 3.63) is 0 Å². The monoisotopic (exact) mass is 121 g/mol. The molecule has 2 heteroatoms. The third-order valence-corrected chi connectivity index (χ3v) is 0.991. The zero-order valence-corrected chi connectivity index (χ0v) is 5.46. The molecule has 0 aromatic carbocycles. The van der Waals surface area contributed by atoms with Gasteiger partial charge in [-0.3, -0.25) is 0 Å². The van der Waals surface area contributed by atoms with Crippen LogP contribution in [-0.2, 0) is 0 Å². The molecule has 44 valence electrons. The first-order valence-electron chi connectivity index (χ1n) is 2.68. The van der Waals surface area contributed by atoms with Crippen molar-refractivity contribution in [1.29, 1.82) is 0 Å². The van der Waals surface area contributed by atoms with Crippen LogP contribution in [0, 0.1) is 0 Å². The van der Waals surface area contributed by atoms with E-state index in [1.807, 2.05) is 0 Å². The van der Waals surface area contributed by atoms with Gasteiger partial charge in [0.05, 0.1) is 6.00 Å². The molecule has 0 fully saturated rings. The lowest BCUT2D eigenvalue weighted by atomic mass is 10.3. The fourth-order valence-corrected chi connectivity index (χ4v) is 0.502. The second-order valence-corrected chi connectivity index (χ2v) is 1.75. The second-order valence-electron chi connectivity index (χ2n) is 1.49. The van der Waals surface area contributed by atoms with Crippen molar-refractivity contribution in [2.24, 2.45) is 0 Å². The van der Waals surface area contributed by atoms with E-state index >= 15 is 0 Å². The van der Waals surface area contributed by atoms with Gasteiger partial charge in [-0.1, -0.05) is 13.3 Å². The Morgan fingerprint density at radius 3 is 2.71 bits per heavy atom. The first kappa shape index (κ1) is 7.25. The minimum atomic E-state index is 0.583. The van der Waals surface area contributed by atoms with Gasteiger partial charge in [0.1, 0.15) is 0 Å². The first-order chi connectivity index (χ1) is 3.41. The average molecular weight is 122 g/mol. The maximum Gasteiger partial charge on any atom is 0.0713 e. The molecule has 1 nitrogen and oxygen atoms in total. The zero-order chi connectivity index (χ0) is 5.54. The predicted octanol–water partition coefficient (Wildman–Crippen LogP) is 1.57. The summed E-state index contributed by atoms with van der Waals surface area (Å²) in [5.74, 6) is 0. The Bertz CT molecular complexity index is 27.3. The molecular weight excluding hydrogens is 110 g/mol. The summed E-state index contributed by atoms with van der Waals surface area (Å²) in [6.45, 7) is 3.22. The fourth-order valence-electron chi connectivity index (χ4n) is 0.369. The Kier molecular flexibility index (Phi) is 6.47. The molecule has 0 aromatic heterocycles. The fraction of sp³-hybridized carbons (Fsp3) is 1.00. The van der Waals surface area contributed by atoms with Crippen LogP contribution < -0.4 is 5.32 Å². The molecule has 0 spiro atoms. The Balaban J connectivity index is 2.45. The van der Waals surface area contributed by atoms with E-state index in [4.69, 9.17) is 11.6 Å². The minimum absolute atomic E-state index is 0.583. The SMILES string of the molecule is CCCCNCCl. The van der Waals surface area contributed by atoms with Crippen molar-refractivity contribution in [2.75, 3.05) is 12.5 Å². The van der Waals surface area contributed by atoms with E-state index in [2.05, 4.69) is 12.2 Å². The molecule has 0 aliphatic rings. The van der Waals surface area contributed by atoms with Crippen LogP contribution >= 0.6 is 11.6 Å². The lowest BCUT2D eigenvalue weighted by molar-refractivity contribution is 0.697.